The molecule has 1 saturated carbocycles. The van der Waals surface area contributed by atoms with E-state index in [2.05, 4.69) is 12.3 Å². The van der Waals surface area contributed by atoms with Crippen LogP contribution in [-0.2, 0) is 0 Å². The quantitative estimate of drug-likeness (QED) is 0.558. The van der Waals surface area contributed by atoms with Gasteiger partial charge in [-0.3, -0.25) is 5.01 Å². The van der Waals surface area contributed by atoms with Crippen molar-refractivity contribution >= 4 is 0 Å². The predicted octanol–water partition coefficient (Wildman–Crippen LogP) is 0.995. The van der Waals surface area contributed by atoms with Crippen molar-refractivity contribution in [3.05, 3.63) is 0 Å². The van der Waals surface area contributed by atoms with Crippen LogP contribution in [0.15, 0.2) is 0 Å². The zero-order valence-corrected chi connectivity index (χ0v) is 6.57. The Labute approximate surface area is 57.2 Å². The van der Waals surface area contributed by atoms with E-state index in [0.717, 1.165) is 0 Å². The number of hydrogen-bond donors (Lipinski definition) is 1. The molecule has 0 aromatic heterocycles. The lowest BCUT2D eigenvalue weighted by molar-refractivity contribution is 0.101. The van der Waals surface area contributed by atoms with Crippen molar-refractivity contribution in [2.24, 2.45) is 0 Å². The van der Waals surface area contributed by atoms with Crippen LogP contribution in [0.1, 0.15) is 26.2 Å². The average Bonchev–Trinajstić information content (AvgIpc) is 1.60. The van der Waals surface area contributed by atoms with Gasteiger partial charge >= 0.3 is 0 Å². The van der Waals surface area contributed by atoms with E-state index in [9.17, 15) is 0 Å². The standard InChI is InChI=1S/C7H16N2/c1-7(5-4-6-7)8-9(2)3/h8H,4-6H2,1-3H3. The molecule has 54 valence electrons. The monoisotopic (exact) mass is 128 g/mol. The van der Waals surface area contributed by atoms with E-state index in [-0.39, 0.29) is 0 Å². The molecule has 1 aliphatic rings. The number of nitrogens with zero attached hydrogens (tertiary/aromatic N) is 1. The number of rotatable bonds is 2. The van der Waals surface area contributed by atoms with Crippen molar-refractivity contribution in [2.45, 2.75) is 31.7 Å². The van der Waals surface area contributed by atoms with E-state index < -0.39 is 0 Å². The van der Waals surface area contributed by atoms with E-state index in [4.69, 9.17) is 0 Å². The third-order valence-corrected chi connectivity index (χ3v) is 1.95. The van der Waals surface area contributed by atoms with Crippen LogP contribution in [-0.4, -0.2) is 24.6 Å². The van der Waals surface area contributed by atoms with Crippen LogP contribution in [0.25, 0.3) is 0 Å². The minimum atomic E-state index is 0.420. The fourth-order valence-corrected chi connectivity index (χ4v) is 1.36. The molecular formula is C7H16N2. The topological polar surface area (TPSA) is 15.3 Å². The number of hydrogen-bond acceptors (Lipinski definition) is 2. The van der Waals surface area contributed by atoms with Crippen LogP contribution >= 0.6 is 0 Å². The molecule has 0 atom stereocenters. The average molecular weight is 128 g/mol. The maximum absolute atomic E-state index is 3.39. The van der Waals surface area contributed by atoms with E-state index in [1.807, 2.05) is 19.1 Å². The summed E-state index contributed by atoms with van der Waals surface area (Å²) in [6.45, 7) is 2.27. The molecule has 9 heavy (non-hydrogen) atoms. The highest BCUT2D eigenvalue weighted by molar-refractivity contribution is 4.89. The maximum atomic E-state index is 3.39. The summed E-state index contributed by atoms with van der Waals surface area (Å²) in [7, 11) is 4.09. The van der Waals surface area contributed by atoms with Gasteiger partial charge in [-0.25, -0.2) is 5.43 Å². The van der Waals surface area contributed by atoms with Crippen LogP contribution < -0.4 is 5.43 Å². The summed E-state index contributed by atoms with van der Waals surface area (Å²) in [5.41, 5.74) is 3.81. The molecule has 2 nitrogen and oxygen atoms in total. The second kappa shape index (κ2) is 2.27. The summed E-state index contributed by atoms with van der Waals surface area (Å²) in [5, 5.41) is 2.04. The van der Waals surface area contributed by atoms with E-state index in [1.54, 1.807) is 0 Å². The van der Waals surface area contributed by atoms with Crippen LogP contribution in [0, 0.1) is 0 Å². The minimum Gasteiger partial charge on any atom is -0.250 e. The lowest BCUT2D eigenvalue weighted by Crippen LogP contribution is -2.53. The molecule has 0 heterocycles. The molecule has 1 N–H and O–H groups in total. The third kappa shape index (κ3) is 1.66. The summed E-state index contributed by atoms with van der Waals surface area (Å²) in [5.74, 6) is 0. The van der Waals surface area contributed by atoms with Crippen molar-refractivity contribution in [2.75, 3.05) is 14.1 Å². The van der Waals surface area contributed by atoms with Crippen molar-refractivity contribution in [3.63, 3.8) is 0 Å². The molecule has 1 aliphatic carbocycles. The van der Waals surface area contributed by atoms with E-state index in [0.29, 0.717) is 5.54 Å². The minimum absolute atomic E-state index is 0.420. The summed E-state index contributed by atoms with van der Waals surface area (Å²) in [6.07, 6.45) is 4.04. The van der Waals surface area contributed by atoms with Gasteiger partial charge in [0.1, 0.15) is 0 Å². The molecule has 1 rings (SSSR count). The highest BCUT2D eigenvalue weighted by atomic mass is 15.5. The first-order valence-corrected chi connectivity index (χ1v) is 3.58. The Hall–Kier alpha value is -0.0800. The lowest BCUT2D eigenvalue weighted by atomic mass is 9.79. The van der Waals surface area contributed by atoms with Crippen LogP contribution in [0.4, 0.5) is 0 Å². The van der Waals surface area contributed by atoms with Gasteiger partial charge in [-0.15, -0.1) is 0 Å². The smallest absolute Gasteiger partial charge is 0.0297 e. The summed E-state index contributed by atoms with van der Waals surface area (Å²) >= 11 is 0. The second-order valence-electron chi connectivity index (χ2n) is 3.42. The lowest BCUT2D eigenvalue weighted by Gasteiger charge is -2.41. The molecule has 0 unspecified atom stereocenters. The van der Waals surface area contributed by atoms with Gasteiger partial charge < -0.3 is 0 Å². The molecule has 2 heteroatoms. The fraction of sp³-hybridized carbons (Fsp3) is 1.00. The summed E-state index contributed by atoms with van der Waals surface area (Å²) in [4.78, 5) is 0. The highest BCUT2D eigenvalue weighted by Crippen LogP contribution is 2.30. The van der Waals surface area contributed by atoms with Gasteiger partial charge in [-0.2, -0.15) is 0 Å². The Morgan fingerprint density at radius 2 is 1.89 bits per heavy atom. The van der Waals surface area contributed by atoms with Crippen LogP contribution in [0.3, 0.4) is 0 Å². The molecule has 0 bridgehead atoms. The first-order valence-electron chi connectivity index (χ1n) is 3.58. The highest BCUT2D eigenvalue weighted by Gasteiger charge is 2.31. The molecule has 0 aromatic rings. The van der Waals surface area contributed by atoms with Crippen molar-refractivity contribution in [3.8, 4) is 0 Å². The number of nitrogens with one attached hydrogen (secondary N) is 1. The number of hydrazine groups is 1. The van der Waals surface area contributed by atoms with E-state index >= 15 is 0 Å². The third-order valence-electron chi connectivity index (χ3n) is 1.95. The SMILES string of the molecule is CN(C)NC1(C)CCC1. The molecule has 0 aromatic carbocycles. The van der Waals surface area contributed by atoms with Gasteiger partial charge in [-0.1, -0.05) is 0 Å². The molecule has 0 radical (unpaired) electrons. The maximum Gasteiger partial charge on any atom is 0.0297 e. The fourth-order valence-electron chi connectivity index (χ4n) is 1.36. The van der Waals surface area contributed by atoms with Crippen molar-refractivity contribution in [1.82, 2.24) is 10.4 Å². The van der Waals surface area contributed by atoms with Crippen molar-refractivity contribution in [1.29, 1.82) is 0 Å². The van der Waals surface area contributed by atoms with Gasteiger partial charge in [0.15, 0.2) is 0 Å². The Balaban J connectivity index is 2.24. The van der Waals surface area contributed by atoms with Gasteiger partial charge in [-0.05, 0) is 26.2 Å². The Morgan fingerprint density at radius 1 is 1.33 bits per heavy atom. The second-order valence-corrected chi connectivity index (χ2v) is 3.42. The normalized spacial score (nSPS) is 24.0. The Kier molecular flexibility index (Phi) is 1.78. The molecular weight excluding hydrogens is 112 g/mol. The first-order chi connectivity index (χ1) is 4.12. The Morgan fingerprint density at radius 3 is 2.00 bits per heavy atom. The van der Waals surface area contributed by atoms with E-state index in [1.165, 1.54) is 19.3 Å². The molecule has 0 saturated heterocycles. The zero-order chi connectivity index (χ0) is 6.91. The molecule has 0 aliphatic heterocycles. The van der Waals surface area contributed by atoms with Crippen LogP contribution in [0.5, 0.6) is 0 Å². The van der Waals surface area contributed by atoms with Crippen LogP contribution in [0.2, 0.25) is 0 Å². The zero-order valence-electron chi connectivity index (χ0n) is 6.57. The van der Waals surface area contributed by atoms with Crippen molar-refractivity contribution < 1.29 is 0 Å². The summed E-state index contributed by atoms with van der Waals surface area (Å²) < 4.78 is 0. The van der Waals surface area contributed by atoms with Gasteiger partial charge in [0.2, 0.25) is 0 Å². The summed E-state index contributed by atoms with van der Waals surface area (Å²) in [6, 6.07) is 0. The molecule has 1 fully saturated rings. The Bertz CT molecular complexity index is 95.1. The van der Waals surface area contributed by atoms with Gasteiger partial charge in [0, 0.05) is 19.6 Å². The first kappa shape index (κ1) is 7.03. The largest absolute Gasteiger partial charge is 0.250 e. The molecule has 0 amide bonds. The predicted molar refractivity (Wildman–Crippen MR) is 39.1 cm³/mol. The van der Waals surface area contributed by atoms with Gasteiger partial charge in [0.25, 0.3) is 0 Å². The van der Waals surface area contributed by atoms with Gasteiger partial charge in [0.05, 0.1) is 0 Å². The molecule has 0 spiro atoms.